The number of aryl methyl sites for hydroxylation is 2. The molecule has 1 N–H and O–H groups in total. The second-order valence-corrected chi connectivity index (χ2v) is 8.43. The fraction of sp³-hybridized carbons (Fsp3) is 0.286. The maximum absolute atomic E-state index is 14.2. The number of fused-ring (bicyclic) bond motifs is 1. The highest BCUT2D eigenvalue weighted by atomic mass is 19.1. The first-order valence-corrected chi connectivity index (χ1v) is 11.5. The van der Waals surface area contributed by atoms with Crippen LogP contribution in [-0.2, 0) is 24.3 Å². The highest BCUT2D eigenvalue weighted by Gasteiger charge is 2.18. The smallest absolute Gasteiger partial charge is 0.256 e. The third-order valence-electron chi connectivity index (χ3n) is 6.09. The van der Waals surface area contributed by atoms with Crippen LogP contribution in [0.4, 0.5) is 10.1 Å². The second kappa shape index (κ2) is 10.4. The molecule has 170 valence electrons. The Morgan fingerprint density at radius 2 is 1.82 bits per heavy atom. The van der Waals surface area contributed by atoms with Gasteiger partial charge in [-0.3, -0.25) is 4.79 Å². The summed E-state index contributed by atoms with van der Waals surface area (Å²) < 4.78 is 14.2. The normalized spacial score (nSPS) is 14.5. The molecule has 3 aromatic carbocycles. The fourth-order valence-electron chi connectivity index (χ4n) is 4.13. The number of rotatable bonds is 6. The van der Waals surface area contributed by atoms with Crippen molar-refractivity contribution in [1.82, 2.24) is 0 Å². The summed E-state index contributed by atoms with van der Waals surface area (Å²) in [5.41, 5.74) is 6.46. The van der Waals surface area contributed by atoms with Crippen molar-refractivity contribution in [3.05, 3.63) is 99.9 Å². The van der Waals surface area contributed by atoms with E-state index in [4.69, 9.17) is 4.84 Å². The predicted octanol–water partition coefficient (Wildman–Crippen LogP) is 6.60. The maximum Gasteiger partial charge on any atom is 0.256 e. The van der Waals surface area contributed by atoms with Gasteiger partial charge in [-0.15, -0.1) is 0 Å². The SMILES string of the molecule is CCc1cc(F)c(C)c(C(=O)Nc2ccc3c(c2)CCCCC3=NOCc2ccccc2)c1. The van der Waals surface area contributed by atoms with Gasteiger partial charge >= 0.3 is 0 Å². The number of oxime groups is 1. The summed E-state index contributed by atoms with van der Waals surface area (Å²) in [7, 11) is 0. The Bertz CT molecular complexity index is 1170. The summed E-state index contributed by atoms with van der Waals surface area (Å²) in [6.07, 6.45) is 4.52. The first kappa shape index (κ1) is 22.7. The topological polar surface area (TPSA) is 50.7 Å². The van der Waals surface area contributed by atoms with Crippen LogP contribution in [-0.4, -0.2) is 11.6 Å². The van der Waals surface area contributed by atoms with Gasteiger partial charge in [-0.2, -0.15) is 0 Å². The lowest BCUT2D eigenvalue weighted by molar-refractivity contribution is 0.102. The molecule has 1 amide bonds. The maximum atomic E-state index is 14.2. The summed E-state index contributed by atoms with van der Waals surface area (Å²) in [6.45, 7) is 4.01. The third kappa shape index (κ3) is 5.48. The van der Waals surface area contributed by atoms with Gasteiger partial charge in [0.1, 0.15) is 12.4 Å². The molecule has 0 aliphatic heterocycles. The van der Waals surface area contributed by atoms with E-state index in [0.717, 1.165) is 53.6 Å². The molecule has 1 aliphatic carbocycles. The molecule has 1 aliphatic rings. The van der Waals surface area contributed by atoms with Gasteiger partial charge in [0.15, 0.2) is 0 Å². The van der Waals surface area contributed by atoms with E-state index in [1.165, 1.54) is 6.07 Å². The van der Waals surface area contributed by atoms with Gasteiger partial charge in [0, 0.05) is 16.8 Å². The average molecular weight is 445 g/mol. The lowest BCUT2D eigenvalue weighted by atomic mass is 10.00. The van der Waals surface area contributed by atoms with E-state index < -0.39 is 0 Å². The molecule has 3 aromatic rings. The van der Waals surface area contributed by atoms with E-state index in [2.05, 4.69) is 10.5 Å². The second-order valence-electron chi connectivity index (χ2n) is 8.43. The highest BCUT2D eigenvalue weighted by Crippen LogP contribution is 2.26. The molecule has 0 atom stereocenters. The van der Waals surface area contributed by atoms with Crippen LogP contribution in [0.2, 0.25) is 0 Å². The standard InChI is InChI=1S/C28H29FN2O2/c1-3-20-15-25(19(2)26(29)16-20)28(32)30-23-13-14-24-22(17-23)11-7-8-12-27(24)31-33-18-21-9-5-4-6-10-21/h4-6,9-10,13-17H,3,7-8,11-12,18H2,1-2H3,(H,30,32). The number of benzene rings is 3. The number of hydrogen-bond acceptors (Lipinski definition) is 3. The Hall–Kier alpha value is -3.47. The van der Waals surface area contributed by atoms with E-state index in [0.29, 0.717) is 29.8 Å². The summed E-state index contributed by atoms with van der Waals surface area (Å²) in [5, 5.41) is 7.40. The minimum Gasteiger partial charge on any atom is -0.391 e. The van der Waals surface area contributed by atoms with Crippen molar-refractivity contribution >= 4 is 17.3 Å². The summed E-state index contributed by atoms with van der Waals surface area (Å²) in [5.74, 6) is -0.645. The van der Waals surface area contributed by atoms with Crippen LogP contribution < -0.4 is 5.32 Å². The monoisotopic (exact) mass is 444 g/mol. The van der Waals surface area contributed by atoms with Crippen LogP contribution in [0.25, 0.3) is 0 Å². The number of hydrogen-bond donors (Lipinski definition) is 1. The summed E-state index contributed by atoms with van der Waals surface area (Å²) >= 11 is 0. The molecule has 4 rings (SSSR count). The van der Waals surface area contributed by atoms with E-state index in [1.54, 1.807) is 13.0 Å². The largest absolute Gasteiger partial charge is 0.391 e. The van der Waals surface area contributed by atoms with E-state index in [1.807, 2.05) is 55.5 Å². The number of anilines is 1. The van der Waals surface area contributed by atoms with Gasteiger partial charge in [-0.05, 0) is 85.5 Å². The zero-order valence-electron chi connectivity index (χ0n) is 19.2. The molecule has 0 fully saturated rings. The predicted molar refractivity (Wildman–Crippen MR) is 130 cm³/mol. The van der Waals surface area contributed by atoms with Crippen LogP contribution >= 0.6 is 0 Å². The lowest BCUT2D eigenvalue weighted by Gasteiger charge is -2.13. The molecule has 0 spiro atoms. The first-order valence-electron chi connectivity index (χ1n) is 11.5. The molecule has 0 heterocycles. The molecule has 33 heavy (non-hydrogen) atoms. The summed E-state index contributed by atoms with van der Waals surface area (Å²) in [6, 6.07) is 19.1. The van der Waals surface area contributed by atoms with Crippen LogP contribution in [0, 0.1) is 12.7 Å². The van der Waals surface area contributed by atoms with Crippen LogP contribution in [0.5, 0.6) is 0 Å². The van der Waals surface area contributed by atoms with Gasteiger partial charge in [-0.25, -0.2) is 4.39 Å². The number of carbonyl (C=O) groups is 1. The van der Waals surface area contributed by atoms with E-state index in [9.17, 15) is 9.18 Å². The highest BCUT2D eigenvalue weighted by molar-refractivity contribution is 6.06. The molecule has 0 aromatic heterocycles. The summed E-state index contributed by atoms with van der Waals surface area (Å²) in [4.78, 5) is 18.6. The molecule has 5 heteroatoms. The minimum absolute atomic E-state index is 0.296. The van der Waals surface area contributed by atoms with Gasteiger partial charge in [0.25, 0.3) is 5.91 Å². The van der Waals surface area contributed by atoms with Crippen molar-refractivity contribution in [1.29, 1.82) is 0 Å². The van der Waals surface area contributed by atoms with Crippen LogP contribution in [0.3, 0.4) is 0 Å². The van der Waals surface area contributed by atoms with Crippen molar-refractivity contribution in [2.45, 2.75) is 52.6 Å². The van der Waals surface area contributed by atoms with Gasteiger partial charge in [-0.1, -0.05) is 48.5 Å². The van der Waals surface area contributed by atoms with Crippen LogP contribution in [0.1, 0.15) is 64.4 Å². The lowest BCUT2D eigenvalue weighted by Crippen LogP contribution is -2.15. The molecule has 0 unspecified atom stereocenters. The third-order valence-corrected chi connectivity index (χ3v) is 6.09. The Balaban J connectivity index is 1.52. The number of halogens is 1. The molecular weight excluding hydrogens is 415 g/mol. The van der Waals surface area contributed by atoms with Crippen molar-refractivity contribution in [3.63, 3.8) is 0 Å². The quantitative estimate of drug-likeness (QED) is 0.344. The molecule has 0 saturated heterocycles. The number of amides is 1. The zero-order chi connectivity index (χ0) is 23.2. The number of carbonyl (C=O) groups excluding carboxylic acids is 1. The average Bonchev–Trinajstić information content (AvgIpc) is 3.03. The van der Waals surface area contributed by atoms with Crippen molar-refractivity contribution < 1.29 is 14.0 Å². The molecular formula is C28H29FN2O2. The fourth-order valence-corrected chi connectivity index (χ4v) is 4.13. The first-order chi connectivity index (χ1) is 16.0. The molecule has 4 nitrogen and oxygen atoms in total. The Labute approximate surface area is 194 Å². The van der Waals surface area contributed by atoms with Gasteiger partial charge < -0.3 is 10.2 Å². The Morgan fingerprint density at radius 3 is 2.61 bits per heavy atom. The number of nitrogens with one attached hydrogen (secondary N) is 1. The van der Waals surface area contributed by atoms with Gasteiger partial charge in [0.05, 0.1) is 5.71 Å². The minimum atomic E-state index is -0.349. The molecule has 0 saturated carbocycles. The Morgan fingerprint density at radius 1 is 1.03 bits per heavy atom. The Kier molecular flexibility index (Phi) is 7.18. The van der Waals surface area contributed by atoms with Crippen LogP contribution in [0.15, 0.2) is 65.8 Å². The van der Waals surface area contributed by atoms with E-state index in [-0.39, 0.29) is 11.7 Å². The van der Waals surface area contributed by atoms with Crippen molar-refractivity contribution in [3.8, 4) is 0 Å². The number of nitrogens with zero attached hydrogens (tertiary/aromatic N) is 1. The van der Waals surface area contributed by atoms with Gasteiger partial charge in [0.2, 0.25) is 0 Å². The van der Waals surface area contributed by atoms with E-state index >= 15 is 0 Å². The zero-order valence-corrected chi connectivity index (χ0v) is 19.2. The molecule has 0 bridgehead atoms. The molecule has 0 radical (unpaired) electrons. The van der Waals surface area contributed by atoms with Crippen molar-refractivity contribution in [2.24, 2.45) is 5.16 Å². The van der Waals surface area contributed by atoms with Crippen molar-refractivity contribution in [2.75, 3.05) is 5.32 Å².